The Morgan fingerprint density at radius 1 is 0.805 bits per heavy atom. The van der Waals surface area contributed by atoms with Gasteiger partial charge in [-0.3, -0.25) is 14.6 Å². The lowest BCUT2D eigenvalue weighted by Gasteiger charge is -2.53. The van der Waals surface area contributed by atoms with Gasteiger partial charge in [-0.15, -0.1) is 0 Å². The first-order valence-corrected chi connectivity index (χ1v) is 16.1. The van der Waals surface area contributed by atoms with Crippen molar-refractivity contribution in [3.63, 3.8) is 0 Å². The second-order valence-electron chi connectivity index (χ2n) is 10.8. The molecule has 8 nitrogen and oxygen atoms in total. The number of likely N-dealkylation sites (tertiary alicyclic amines) is 2. The SMILES string of the molecule is CCC(NC(=O)c1ccc(S(=O)(=O)N(c2ccccc2)c2ccccc2O)cc1)(N1CCCCC1)N1CCCCC1. The van der Waals surface area contributed by atoms with Crippen molar-refractivity contribution in [2.24, 2.45) is 0 Å². The standard InChI is InChI=1S/C32H40N4O4S/c1-2-32(34-22-10-4-11-23-34,35-24-12-5-13-25-35)33-31(38)26-18-20-28(21-19-26)41(39,40)36(27-14-6-3-7-15-27)29-16-8-9-17-30(29)37/h3,6-9,14-21,37H,2,4-5,10-13,22-25H2,1H3,(H,33,38). The van der Waals surface area contributed by atoms with Gasteiger partial charge in [0.2, 0.25) is 0 Å². The maximum atomic E-state index is 14.0. The minimum absolute atomic E-state index is 0.0231. The van der Waals surface area contributed by atoms with Crippen molar-refractivity contribution in [3.05, 3.63) is 84.4 Å². The molecule has 1 amide bonds. The lowest BCUT2D eigenvalue weighted by atomic mass is 10.0. The van der Waals surface area contributed by atoms with Crippen molar-refractivity contribution < 1.29 is 18.3 Å². The number of nitrogens with one attached hydrogen (secondary N) is 1. The number of benzene rings is 3. The van der Waals surface area contributed by atoms with Crippen molar-refractivity contribution in [1.82, 2.24) is 15.1 Å². The molecular weight excluding hydrogens is 536 g/mol. The highest BCUT2D eigenvalue weighted by Gasteiger charge is 2.43. The van der Waals surface area contributed by atoms with Gasteiger partial charge in [-0.05, 0) is 80.6 Å². The Bertz CT molecular complexity index is 1400. The molecule has 41 heavy (non-hydrogen) atoms. The molecule has 2 aliphatic rings. The zero-order chi connectivity index (χ0) is 28.9. The van der Waals surface area contributed by atoms with Crippen LogP contribution in [0.25, 0.3) is 0 Å². The van der Waals surface area contributed by atoms with Crippen molar-refractivity contribution in [1.29, 1.82) is 0 Å². The number of sulfonamides is 1. The molecule has 2 N–H and O–H groups in total. The third kappa shape index (κ3) is 5.98. The van der Waals surface area contributed by atoms with Crippen LogP contribution in [0, 0.1) is 0 Å². The molecule has 2 fully saturated rings. The van der Waals surface area contributed by atoms with Crippen molar-refractivity contribution in [2.45, 2.75) is 62.6 Å². The van der Waals surface area contributed by atoms with Gasteiger partial charge in [-0.2, -0.15) is 0 Å². The molecule has 0 radical (unpaired) electrons. The van der Waals surface area contributed by atoms with E-state index in [1.54, 1.807) is 60.7 Å². The summed E-state index contributed by atoms with van der Waals surface area (Å²) in [7, 11) is -4.12. The lowest BCUT2D eigenvalue weighted by molar-refractivity contribution is -0.0970. The number of hydrogen-bond donors (Lipinski definition) is 2. The van der Waals surface area contributed by atoms with Gasteiger partial charge in [-0.1, -0.05) is 50.1 Å². The second kappa shape index (κ2) is 12.6. The van der Waals surface area contributed by atoms with E-state index in [1.807, 2.05) is 0 Å². The van der Waals surface area contributed by atoms with E-state index in [2.05, 4.69) is 22.0 Å². The predicted octanol–water partition coefficient (Wildman–Crippen LogP) is 5.68. The number of hydrogen-bond acceptors (Lipinski definition) is 6. The van der Waals surface area contributed by atoms with Crippen molar-refractivity contribution in [2.75, 3.05) is 30.5 Å². The number of nitrogens with zero attached hydrogens (tertiary/aromatic N) is 3. The highest BCUT2D eigenvalue weighted by molar-refractivity contribution is 7.93. The fourth-order valence-electron chi connectivity index (χ4n) is 6.17. The Morgan fingerprint density at radius 3 is 1.88 bits per heavy atom. The highest BCUT2D eigenvalue weighted by Crippen LogP contribution is 2.37. The molecule has 2 saturated heterocycles. The van der Waals surface area contributed by atoms with E-state index in [9.17, 15) is 18.3 Å². The van der Waals surface area contributed by atoms with Crippen LogP contribution in [-0.2, 0) is 10.0 Å². The second-order valence-corrected chi connectivity index (χ2v) is 12.6. The quantitative estimate of drug-likeness (QED) is 0.340. The topological polar surface area (TPSA) is 93.2 Å². The molecule has 0 bridgehead atoms. The largest absolute Gasteiger partial charge is 0.506 e. The number of carbonyl (C=O) groups is 1. The van der Waals surface area contributed by atoms with Crippen LogP contribution < -0.4 is 9.62 Å². The third-order valence-electron chi connectivity index (χ3n) is 8.31. The minimum atomic E-state index is -4.12. The molecule has 3 aromatic carbocycles. The van der Waals surface area contributed by atoms with Crippen LogP contribution in [-0.4, -0.2) is 61.2 Å². The van der Waals surface area contributed by atoms with Crippen LogP contribution in [0.4, 0.5) is 11.4 Å². The Kier molecular flexibility index (Phi) is 8.97. The van der Waals surface area contributed by atoms with Crippen LogP contribution >= 0.6 is 0 Å². The Balaban J connectivity index is 1.44. The first-order chi connectivity index (χ1) is 19.9. The zero-order valence-electron chi connectivity index (χ0n) is 23.7. The summed E-state index contributed by atoms with van der Waals surface area (Å²) >= 11 is 0. The van der Waals surface area contributed by atoms with Gasteiger partial charge >= 0.3 is 0 Å². The molecule has 0 atom stereocenters. The van der Waals surface area contributed by atoms with Crippen LogP contribution in [0.5, 0.6) is 5.75 Å². The first-order valence-electron chi connectivity index (χ1n) is 14.7. The molecule has 5 rings (SSSR count). The number of para-hydroxylation sites is 3. The summed E-state index contributed by atoms with van der Waals surface area (Å²) in [5, 5.41) is 13.9. The van der Waals surface area contributed by atoms with Crippen molar-refractivity contribution in [3.8, 4) is 5.75 Å². The van der Waals surface area contributed by atoms with Crippen LogP contribution in [0.3, 0.4) is 0 Å². The van der Waals surface area contributed by atoms with Crippen molar-refractivity contribution >= 4 is 27.3 Å². The summed E-state index contributed by atoms with van der Waals surface area (Å²) < 4.78 is 29.0. The lowest BCUT2D eigenvalue weighted by Crippen LogP contribution is -2.71. The molecule has 3 aromatic rings. The highest BCUT2D eigenvalue weighted by atomic mass is 32.2. The Morgan fingerprint density at radius 2 is 1.34 bits per heavy atom. The predicted molar refractivity (Wildman–Crippen MR) is 162 cm³/mol. The van der Waals surface area contributed by atoms with E-state index in [1.165, 1.54) is 31.0 Å². The molecule has 0 unspecified atom stereocenters. The molecule has 0 saturated carbocycles. The average molecular weight is 577 g/mol. The number of carbonyl (C=O) groups excluding carboxylic acids is 1. The van der Waals surface area contributed by atoms with E-state index < -0.39 is 15.8 Å². The van der Waals surface area contributed by atoms with Gasteiger partial charge in [0.15, 0.2) is 5.79 Å². The Labute approximate surface area is 243 Å². The first kappa shape index (κ1) is 29.1. The number of piperidine rings is 2. The summed E-state index contributed by atoms with van der Waals surface area (Å²) in [4.78, 5) is 18.6. The van der Waals surface area contributed by atoms with E-state index >= 15 is 0 Å². The molecular formula is C32H40N4O4S. The van der Waals surface area contributed by atoms with Crippen LogP contribution in [0.1, 0.15) is 62.2 Å². The molecule has 218 valence electrons. The third-order valence-corrected chi connectivity index (χ3v) is 10.1. The van der Waals surface area contributed by atoms with Crippen LogP contribution in [0.15, 0.2) is 83.8 Å². The number of phenols is 1. The maximum Gasteiger partial charge on any atom is 0.268 e. The maximum absolute atomic E-state index is 14.0. The number of rotatable bonds is 9. The summed E-state index contributed by atoms with van der Waals surface area (Å²) in [6.45, 7) is 5.93. The van der Waals surface area contributed by atoms with E-state index in [0.717, 1.165) is 62.6 Å². The molecule has 2 heterocycles. The number of amides is 1. The summed E-state index contributed by atoms with van der Waals surface area (Å²) in [5.74, 6) is -0.924. The van der Waals surface area contributed by atoms with Gasteiger partial charge in [0.25, 0.3) is 15.9 Å². The van der Waals surface area contributed by atoms with E-state index in [4.69, 9.17) is 0 Å². The van der Waals surface area contributed by atoms with E-state index in [-0.39, 0.29) is 22.2 Å². The fraction of sp³-hybridized carbons (Fsp3) is 0.406. The summed E-state index contributed by atoms with van der Waals surface area (Å²) in [5.41, 5.74) is 0.951. The molecule has 9 heteroatoms. The summed E-state index contributed by atoms with van der Waals surface area (Å²) in [6, 6.07) is 21.1. The average Bonchev–Trinajstić information content (AvgIpc) is 3.02. The molecule has 0 aliphatic carbocycles. The molecule has 0 spiro atoms. The number of anilines is 2. The van der Waals surface area contributed by atoms with Gasteiger partial charge in [0, 0.05) is 31.7 Å². The monoisotopic (exact) mass is 576 g/mol. The van der Waals surface area contributed by atoms with Gasteiger partial charge in [-0.25, -0.2) is 12.7 Å². The normalized spacial score (nSPS) is 17.2. The molecule has 0 aromatic heterocycles. The smallest absolute Gasteiger partial charge is 0.268 e. The van der Waals surface area contributed by atoms with Gasteiger partial charge in [0.1, 0.15) is 5.75 Å². The summed E-state index contributed by atoms with van der Waals surface area (Å²) in [6.07, 6.45) is 7.65. The number of phenolic OH excluding ortho intramolecular Hbond substituents is 1. The van der Waals surface area contributed by atoms with Gasteiger partial charge in [0.05, 0.1) is 16.3 Å². The van der Waals surface area contributed by atoms with Gasteiger partial charge < -0.3 is 10.4 Å². The minimum Gasteiger partial charge on any atom is -0.506 e. The zero-order valence-corrected chi connectivity index (χ0v) is 24.5. The van der Waals surface area contributed by atoms with E-state index in [0.29, 0.717) is 11.3 Å². The molecule has 2 aliphatic heterocycles. The fourth-order valence-corrected chi connectivity index (χ4v) is 7.67. The van der Waals surface area contributed by atoms with Crippen LogP contribution in [0.2, 0.25) is 0 Å². The number of aromatic hydroxyl groups is 1. The Hall–Kier alpha value is -3.40.